The van der Waals surface area contributed by atoms with Gasteiger partial charge in [-0.3, -0.25) is 9.59 Å². The van der Waals surface area contributed by atoms with Crippen molar-refractivity contribution in [1.82, 2.24) is 14.9 Å². The highest BCUT2D eigenvalue weighted by molar-refractivity contribution is 7.18. The van der Waals surface area contributed by atoms with Gasteiger partial charge >= 0.3 is 0 Å². The van der Waals surface area contributed by atoms with Crippen LogP contribution < -0.4 is 10.6 Å². The number of amides is 2. The second-order valence-electron chi connectivity index (χ2n) is 9.31. The van der Waals surface area contributed by atoms with E-state index in [1.54, 1.807) is 11.3 Å². The molecule has 2 N–H and O–H groups in total. The normalized spacial score (nSPS) is 14.6. The lowest BCUT2D eigenvalue weighted by molar-refractivity contribution is -0.120. The first-order valence-corrected chi connectivity index (χ1v) is 13.6. The minimum atomic E-state index is -0.607. The van der Waals surface area contributed by atoms with Gasteiger partial charge in [-0.2, -0.15) is 0 Å². The summed E-state index contributed by atoms with van der Waals surface area (Å²) in [5.41, 5.74) is 8.33. The molecule has 1 atom stereocenters. The molecule has 2 aromatic heterocycles. The van der Waals surface area contributed by atoms with Gasteiger partial charge in [-0.15, -0.1) is 11.3 Å². The third-order valence-corrected chi connectivity index (χ3v) is 8.03. The van der Waals surface area contributed by atoms with Gasteiger partial charge in [-0.05, 0) is 35.7 Å². The van der Waals surface area contributed by atoms with Crippen LogP contribution in [0.15, 0.2) is 60.7 Å². The minimum absolute atomic E-state index is 0.0127. The zero-order valence-electron chi connectivity index (χ0n) is 21.6. The average molecular weight is 530 g/mol. The van der Waals surface area contributed by atoms with Gasteiger partial charge in [0.2, 0.25) is 5.91 Å². The van der Waals surface area contributed by atoms with Crippen LogP contribution in [0.3, 0.4) is 0 Å². The molecule has 2 amide bonds. The Bertz CT molecular complexity index is 1430. The van der Waals surface area contributed by atoms with E-state index in [-0.39, 0.29) is 12.3 Å². The summed E-state index contributed by atoms with van der Waals surface area (Å²) in [6.07, 6.45) is 0.305. The van der Waals surface area contributed by atoms with Crippen LogP contribution >= 0.6 is 11.3 Å². The maximum absolute atomic E-state index is 13.3. The molecule has 2 aromatic carbocycles. The Kier molecular flexibility index (Phi) is 7.67. The van der Waals surface area contributed by atoms with Crippen molar-refractivity contribution in [3.8, 4) is 11.1 Å². The number of ether oxygens (including phenoxy) is 1. The van der Waals surface area contributed by atoms with E-state index in [0.29, 0.717) is 37.6 Å². The summed E-state index contributed by atoms with van der Waals surface area (Å²) in [5, 5.41) is 0.987. The Morgan fingerprint density at radius 3 is 2.32 bits per heavy atom. The fourth-order valence-electron chi connectivity index (χ4n) is 4.73. The van der Waals surface area contributed by atoms with Crippen LogP contribution in [-0.2, 0) is 16.0 Å². The first-order chi connectivity index (χ1) is 18.5. The molecule has 4 aromatic rings. The van der Waals surface area contributed by atoms with Crippen molar-refractivity contribution in [3.05, 3.63) is 76.9 Å². The molecule has 1 fully saturated rings. The maximum Gasteiger partial charge on any atom is 0.253 e. The number of hydrogen-bond acceptors (Lipinski definition) is 7. The van der Waals surface area contributed by atoms with Crippen LogP contribution in [0.1, 0.15) is 40.5 Å². The molecule has 0 bridgehead atoms. The molecular formula is C29H31N5O3S. The molecule has 38 heavy (non-hydrogen) atoms. The van der Waals surface area contributed by atoms with Crippen LogP contribution in [0.2, 0.25) is 0 Å². The monoisotopic (exact) mass is 529 g/mol. The van der Waals surface area contributed by atoms with Crippen LogP contribution in [0.5, 0.6) is 0 Å². The van der Waals surface area contributed by atoms with Crippen LogP contribution in [0, 0.1) is 0 Å². The van der Waals surface area contributed by atoms with Crippen molar-refractivity contribution in [2.24, 2.45) is 5.73 Å². The van der Waals surface area contributed by atoms with Gasteiger partial charge in [0.25, 0.3) is 5.91 Å². The molecule has 1 saturated heterocycles. The lowest BCUT2D eigenvalue weighted by Gasteiger charge is -2.36. The number of nitrogens with zero attached hydrogens (tertiary/aromatic N) is 4. The summed E-state index contributed by atoms with van der Waals surface area (Å²) < 4.78 is 5.51. The Morgan fingerprint density at radius 2 is 1.68 bits per heavy atom. The lowest BCUT2D eigenvalue weighted by Crippen LogP contribution is -2.49. The number of rotatable bonds is 8. The lowest BCUT2D eigenvalue weighted by atomic mass is 10.0. The van der Waals surface area contributed by atoms with Crippen molar-refractivity contribution < 1.29 is 14.3 Å². The number of thiophene rings is 1. The summed E-state index contributed by atoms with van der Waals surface area (Å²) in [6.45, 7) is 4.56. The van der Waals surface area contributed by atoms with Gasteiger partial charge < -0.3 is 20.3 Å². The first kappa shape index (κ1) is 25.8. The molecular weight excluding hydrogens is 498 g/mol. The highest BCUT2D eigenvalue weighted by Crippen LogP contribution is 2.34. The number of aryl methyl sites for hydroxylation is 1. The number of benzene rings is 2. The second-order valence-corrected chi connectivity index (χ2v) is 10.4. The topological polar surface area (TPSA) is 102 Å². The molecule has 1 aliphatic rings. The molecule has 5 rings (SSSR count). The zero-order valence-corrected chi connectivity index (χ0v) is 22.4. The minimum Gasteiger partial charge on any atom is -0.373 e. The molecule has 1 aliphatic heterocycles. The molecule has 0 radical (unpaired) electrons. The molecule has 0 saturated carbocycles. The molecule has 9 heteroatoms. The Balaban J connectivity index is 1.34. The zero-order chi connectivity index (χ0) is 26.6. The quantitative estimate of drug-likeness (QED) is 0.362. The van der Waals surface area contributed by atoms with Crippen LogP contribution in [0.4, 0.5) is 5.82 Å². The fraction of sp³-hybridized carbons (Fsp3) is 0.310. The number of carbonyl (C=O) groups excluding carboxylic acids is 2. The van der Waals surface area contributed by atoms with E-state index < -0.39 is 12.0 Å². The van der Waals surface area contributed by atoms with Crippen LogP contribution in [-0.4, -0.2) is 60.0 Å². The molecule has 1 unspecified atom stereocenters. The van der Waals surface area contributed by atoms with Gasteiger partial charge in [-0.1, -0.05) is 49.4 Å². The predicted octanol–water partition coefficient (Wildman–Crippen LogP) is 4.45. The van der Waals surface area contributed by atoms with Gasteiger partial charge in [-0.25, -0.2) is 9.97 Å². The van der Waals surface area contributed by atoms with Gasteiger partial charge in [0.05, 0.1) is 11.8 Å². The van der Waals surface area contributed by atoms with Crippen molar-refractivity contribution in [1.29, 1.82) is 0 Å². The highest BCUT2D eigenvalue weighted by Gasteiger charge is 2.27. The molecule has 0 spiro atoms. The summed E-state index contributed by atoms with van der Waals surface area (Å²) in [5.74, 6) is 0.830. The summed E-state index contributed by atoms with van der Waals surface area (Å²) in [7, 11) is 1.53. The first-order valence-electron chi connectivity index (χ1n) is 12.8. The molecule has 8 nitrogen and oxygen atoms in total. The summed E-state index contributed by atoms with van der Waals surface area (Å²) in [6, 6.07) is 20.1. The number of methoxy groups -OCH3 is 1. The average Bonchev–Trinajstić information content (AvgIpc) is 3.39. The Hall–Kier alpha value is -3.82. The third kappa shape index (κ3) is 5.39. The SMILES string of the molecule is CCc1cc2c(N3CCN(C(=O)c4ccc(-c5ccccc5)cc4)CC3)nc(C(CC(N)=O)OC)nc2s1. The standard InChI is InChI=1S/C29H31N5O3S/c1-3-22-17-23-27(31-26(32-28(23)38-22)24(37-2)18-25(30)35)33-13-15-34(16-14-33)29(36)21-11-9-20(10-12-21)19-7-5-4-6-8-19/h4-12,17,24H,3,13-16,18H2,1-2H3,(H2,30,35). The molecule has 0 aliphatic carbocycles. The number of nitrogens with two attached hydrogens (primary N) is 1. The second kappa shape index (κ2) is 11.3. The van der Waals surface area contributed by atoms with E-state index in [1.807, 2.05) is 47.4 Å². The summed E-state index contributed by atoms with van der Waals surface area (Å²) in [4.78, 5) is 40.6. The molecule has 3 heterocycles. The highest BCUT2D eigenvalue weighted by atomic mass is 32.1. The van der Waals surface area contributed by atoms with Gasteiger partial charge in [0, 0.05) is 43.7 Å². The van der Waals surface area contributed by atoms with Crippen molar-refractivity contribution in [3.63, 3.8) is 0 Å². The third-order valence-electron chi connectivity index (χ3n) is 6.85. The Morgan fingerprint density at radius 1 is 1.00 bits per heavy atom. The summed E-state index contributed by atoms with van der Waals surface area (Å²) >= 11 is 1.62. The van der Waals surface area contributed by atoms with Crippen molar-refractivity contribution in [2.45, 2.75) is 25.9 Å². The van der Waals surface area contributed by atoms with E-state index >= 15 is 0 Å². The van der Waals surface area contributed by atoms with Crippen molar-refractivity contribution >= 4 is 39.2 Å². The number of primary amides is 1. The number of carbonyl (C=O) groups is 2. The van der Waals surface area contributed by atoms with Gasteiger partial charge in [0.1, 0.15) is 16.8 Å². The van der Waals surface area contributed by atoms with Crippen LogP contribution in [0.25, 0.3) is 21.3 Å². The largest absolute Gasteiger partial charge is 0.373 e. The van der Waals surface area contributed by atoms with Crippen molar-refractivity contribution in [2.75, 3.05) is 38.2 Å². The maximum atomic E-state index is 13.3. The van der Waals surface area contributed by atoms with E-state index in [4.69, 9.17) is 20.4 Å². The van der Waals surface area contributed by atoms with E-state index in [9.17, 15) is 9.59 Å². The molecule has 196 valence electrons. The number of aromatic nitrogens is 2. The smallest absolute Gasteiger partial charge is 0.253 e. The number of piperazine rings is 1. The van der Waals surface area contributed by atoms with E-state index in [1.165, 1.54) is 12.0 Å². The number of fused-ring (bicyclic) bond motifs is 1. The van der Waals surface area contributed by atoms with E-state index in [2.05, 4.69) is 30.0 Å². The van der Waals surface area contributed by atoms with Gasteiger partial charge in [0.15, 0.2) is 5.82 Å². The fourth-order valence-corrected chi connectivity index (χ4v) is 5.70. The number of anilines is 1. The number of hydrogen-bond donors (Lipinski definition) is 1. The predicted molar refractivity (Wildman–Crippen MR) is 150 cm³/mol. The Labute approximate surface area is 226 Å². The van der Waals surface area contributed by atoms with E-state index in [0.717, 1.165) is 33.6 Å².